The molecule has 0 bridgehead atoms. The van der Waals surface area contributed by atoms with E-state index in [1.165, 1.54) is 78.0 Å². The van der Waals surface area contributed by atoms with Crippen LogP contribution in [-0.4, -0.2) is 11.1 Å². The first-order valence-corrected chi connectivity index (χ1v) is 18.8. The molecule has 1 N–H and O–H groups in total. The highest BCUT2D eigenvalue weighted by Crippen LogP contribution is 2.56. The summed E-state index contributed by atoms with van der Waals surface area (Å²) in [6.07, 6.45) is 4.77. The van der Waals surface area contributed by atoms with Gasteiger partial charge in [0.15, 0.2) is 0 Å². The molecular formula is C44H34N2O2S2. The smallest absolute Gasteiger partial charge is 0.346 e. The number of nitriles is 1. The second kappa shape index (κ2) is 11.7. The predicted octanol–water partition coefficient (Wildman–Crippen LogP) is 11.4. The lowest BCUT2D eigenvalue weighted by atomic mass is 9.80. The fourth-order valence-electron chi connectivity index (χ4n) is 8.66. The standard InChI is InChI=1S/C44H34N2O2S2/c1-44(2)35-13-7-6-11-30(35)31-17-15-26(24-36(31)44)42-34-19-18-32(33-12-8-14-37(41(33)34)46(42)28-9-4-3-5-10-28)38-21-22-40(50-38)39-20-16-29(49-39)23-27(25-45)43(47)48/h3-7,9-11,13,15-24,37,42H,8,12,14H2,1-2H3,(H,47,48). The molecule has 9 rings (SSSR count). The molecule has 0 radical (unpaired) electrons. The molecule has 0 spiro atoms. The van der Waals surface area contributed by atoms with Crippen molar-refractivity contribution in [1.82, 2.24) is 0 Å². The summed E-state index contributed by atoms with van der Waals surface area (Å²) in [5, 5.41) is 18.5. The van der Waals surface area contributed by atoms with Gasteiger partial charge in [-0.3, -0.25) is 0 Å². The van der Waals surface area contributed by atoms with E-state index in [9.17, 15) is 15.2 Å². The monoisotopic (exact) mass is 686 g/mol. The third-order valence-electron chi connectivity index (χ3n) is 10.9. The number of hydrogen-bond acceptors (Lipinski definition) is 5. The fraction of sp³-hybridized carbons (Fsp3) is 0.182. The van der Waals surface area contributed by atoms with Crippen molar-refractivity contribution in [3.8, 4) is 37.4 Å². The molecule has 0 saturated carbocycles. The third kappa shape index (κ3) is 4.72. The number of fused-ring (bicyclic) bond motifs is 3. The Balaban J connectivity index is 1.14. The Morgan fingerprint density at radius 3 is 2.38 bits per heavy atom. The second-order valence-electron chi connectivity index (χ2n) is 14.0. The zero-order valence-electron chi connectivity index (χ0n) is 27.8. The molecule has 0 fully saturated rings. The van der Waals surface area contributed by atoms with Crippen LogP contribution in [0.1, 0.15) is 77.0 Å². The maximum Gasteiger partial charge on any atom is 0.346 e. The number of aliphatic carboxylic acids is 1. The summed E-state index contributed by atoms with van der Waals surface area (Å²) in [6.45, 7) is 4.73. The van der Waals surface area contributed by atoms with Crippen molar-refractivity contribution in [3.05, 3.63) is 153 Å². The summed E-state index contributed by atoms with van der Waals surface area (Å²) in [5.41, 5.74) is 13.5. The van der Waals surface area contributed by atoms with E-state index in [1.54, 1.807) is 17.4 Å². The molecule has 0 amide bonds. The Hall–Kier alpha value is -5.22. The number of carboxylic acid groups (broad SMARTS) is 1. The number of nitrogens with zero attached hydrogens (tertiary/aromatic N) is 2. The number of para-hydroxylation sites is 1. The topological polar surface area (TPSA) is 64.3 Å². The van der Waals surface area contributed by atoms with Crippen molar-refractivity contribution in [2.75, 3.05) is 4.90 Å². The SMILES string of the molecule is CC1(C)c2ccccc2-c2ccc(C3c4ccc(-c5ccc(-c6ccc(C=C(C#N)C(=O)O)s6)s5)c5c4C(CCC5)N3c3ccccc3)cc21. The average Bonchev–Trinajstić information content (AvgIpc) is 3.93. The molecule has 0 saturated heterocycles. The first-order chi connectivity index (χ1) is 24.3. The molecule has 3 aliphatic rings. The molecule has 2 unspecified atom stereocenters. The highest BCUT2D eigenvalue weighted by atomic mass is 32.1. The van der Waals surface area contributed by atoms with Crippen LogP contribution in [0.4, 0.5) is 5.69 Å². The van der Waals surface area contributed by atoms with Gasteiger partial charge in [0.2, 0.25) is 0 Å². The van der Waals surface area contributed by atoms with E-state index in [4.69, 9.17) is 0 Å². The Bertz CT molecular complexity index is 2410. The van der Waals surface area contributed by atoms with Crippen LogP contribution in [0, 0.1) is 11.3 Å². The number of carboxylic acids is 1. The molecule has 6 heteroatoms. The predicted molar refractivity (Wildman–Crippen MR) is 205 cm³/mol. The van der Waals surface area contributed by atoms with E-state index in [0.717, 1.165) is 33.9 Å². The lowest BCUT2D eigenvalue weighted by molar-refractivity contribution is -0.132. The van der Waals surface area contributed by atoms with Gasteiger partial charge >= 0.3 is 5.97 Å². The van der Waals surface area contributed by atoms with Crippen LogP contribution in [0.2, 0.25) is 0 Å². The summed E-state index contributed by atoms with van der Waals surface area (Å²) in [5.74, 6) is -1.21. The zero-order chi connectivity index (χ0) is 34.1. The van der Waals surface area contributed by atoms with Crippen LogP contribution < -0.4 is 4.90 Å². The van der Waals surface area contributed by atoms with Gasteiger partial charge in [0.1, 0.15) is 11.6 Å². The molecule has 6 aromatic rings. The van der Waals surface area contributed by atoms with Gasteiger partial charge in [-0.25, -0.2) is 4.79 Å². The third-order valence-corrected chi connectivity index (χ3v) is 13.2. The summed E-state index contributed by atoms with van der Waals surface area (Å²) in [4.78, 5) is 18.3. The summed E-state index contributed by atoms with van der Waals surface area (Å²) >= 11 is 3.29. The molecule has 244 valence electrons. The number of hydrogen-bond donors (Lipinski definition) is 1. The van der Waals surface area contributed by atoms with Crippen LogP contribution in [0.5, 0.6) is 0 Å². The van der Waals surface area contributed by atoms with Crippen LogP contribution in [0.3, 0.4) is 0 Å². The van der Waals surface area contributed by atoms with Gasteiger partial charge in [-0.2, -0.15) is 5.26 Å². The molecule has 1 aliphatic heterocycles. The van der Waals surface area contributed by atoms with E-state index in [-0.39, 0.29) is 17.0 Å². The first-order valence-electron chi connectivity index (χ1n) is 17.1. The molecule has 4 aromatic carbocycles. The Kier molecular flexibility index (Phi) is 7.20. The van der Waals surface area contributed by atoms with Gasteiger partial charge in [0.05, 0.1) is 12.1 Å². The van der Waals surface area contributed by atoms with Gasteiger partial charge in [-0.15, -0.1) is 22.7 Å². The second-order valence-corrected chi connectivity index (χ2v) is 16.2. The maximum absolute atomic E-state index is 11.4. The Morgan fingerprint density at radius 2 is 1.56 bits per heavy atom. The molecule has 4 nitrogen and oxygen atoms in total. The molecule has 50 heavy (non-hydrogen) atoms. The Labute approximate surface area is 300 Å². The molecule has 2 aromatic heterocycles. The summed E-state index contributed by atoms with van der Waals surface area (Å²) < 4.78 is 0. The Morgan fingerprint density at radius 1 is 0.840 bits per heavy atom. The van der Waals surface area contributed by atoms with Crippen molar-refractivity contribution in [2.45, 2.75) is 50.6 Å². The maximum atomic E-state index is 11.4. The highest BCUT2D eigenvalue weighted by molar-refractivity contribution is 7.24. The van der Waals surface area contributed by atoms with Crippen LogP contribution in [0.25, 0.3) is 37.4 Å². The molecule has 2 aliphatic carbocycles. The van der Waals surface area contributed by atoms with Crippen molar-refractivity contribution < 1.29 is 9.90 Å². The van der Waals surface area contributed by atoms with Crippen LogP contribution in [0.15, 0.2) is 115 Å². The van der Waals surface area contributed by atoms with Gasteiger partial charge in [0.25, 0.3) is 0 Å². The number of rotatable bonds is 6. The summed E-state index contributed by atoms with van der Waals surface area (Å²) in [6, 6.07) is 42.4. The van der Waals surface area contributed by atoms with Gasteiger partial charge in [-0.1, -0.05) is 86.6 Å². The minimum Gasteiger partial charge on any atom is -0.477 e. The normalized spacial score (nSPS) is 18.3. The molecule has 3 heterocycles. The van der Waals surface area contributed by atoms with E-state index >= 15 is 0 Å². The minimum absolute atomic E-state index is 0.0614. The lowest BCUT2D eigenvalue weighted by Crippen LogP contribution is -2.28. The van der Waals surface area contributed by atoms with E-state index < -0.39 is 5.97 Å². The number of benzene rings is 4. The highest BCUT2D eigenvalue weighted by Gasteiger charge is 2.44. The number of anilines is 1. The molecular weight excluding hydrogens is 653 g/mol. The van der Waals surface area contributed by atoms with Crippen molar-refractivity contribution in [3.63, 3.8) is 0 Å². The molecule has 2 atom stereocenters. The average molecular weight is 687 g/mol. The van der Waals surface area contributed by atoms with Gasteiger partial charge in [-0.05, 0) is 112 Å². The largest absolute Gasteiger partial charge is 0.477 e. The van der Waals surface area contributed by atoms with Gasteiger partial charge in [0, 0.05) is 30.6 Å². The minimum atomic E-state index is -1.21. The lowest BCUT2D eigenvalue weighted by Gasteiger charge is -2.35. The van der Waals surface area contributed by atoms with Crippen LogP contribution in [-0.2, 0) is 16.6 Å². The first kappa shape index (κ1) is 30.8. The van der Waals surface area contributed by atoms with Gasteiger partial charge < -0.3 is 10.0 Å². The van der Waals surface area contributed by atoms with Crippen LogP contribution >= 0.6 is 22.7 Å². The van der Waals surface area contributed by atoms with E-state index in [1.807, 2.05) is 12.1 Å². The van der Waals surface area contributed by atoms with Crippen molar-refractivity contribution in [1.29, 1.82) is 5.26 Å². The van der Waals surface area contributed by atoms with E-state index in [0.29, 0.717) is 6.04 Å². The number of thiophene rings is 2. The van der Waals surface area contributed by atoms with E-state index in [2.05, 4.69) is 116 Å². The van der Waals surface area contributed by atoms with Crippen molar-refractivity contribution in [2.24, 2.45) is 0 Å². The summed E-state index contributed by atoms with van der Waals surface area (Å²) in [7, 11) is 0. The van der Waals surface area contributed by atoms with Crippen molar-refractivity contribution >= 4 is 40.4 Å². The zero-order valence-corrected chi connectivity index (χ0v) is 29.4. The number of carbonyl (C=O) groups is 1. The fourth-order valence-corrected chi connectivity index (χ4v) is 10.8. The quantitative estimate of drug-likeness (QED) is 0.140.